The van der Waals surface area contributed by atoms with Crippen molar-refractivity contribution in [3.63, 3.8) is 0 Å². The van der Waals surface area contributed by atoms with Crippen LogP contribution in [0.4, 0.5) is 0 Å². The predicted octanol–water partition coefficient (Wildman–Crippen LogP) is 2.15. The lowest BCUT2D eigenvalue weighted by atomic mass is 10.2. The highest BCUT2D eigenvalue weighted by Crippen LogP contribution is 2.02. The van der Waals surface area contributed by atoms with Crippen LogP contribution in [0.25, 0.3) is 0 Å². The van der Waals surface area contributed by atoms with Gasteiger partial charge in [0, 0.05) is 18.0 Å². The molecule has 0 amide bonds. The average Bonchev–Trinajstić information content (AvgIpc) is 2.63. The third-order valence-electron chi connectivity index (χ3n) is 2.09. The summed E-state index contributed by atoms with van der Waals surface area (Å²) in [5.74, 6) is 0. The Kier molecular flexibility index (Phi) is 2.79. The average molecular weight is 205 g/mol. The van der Waals surface area contributed by atoms with E-state index in [4.69, 9.17) is 0 Å². The van der Waals surface area contributed by atoms with Gasteiger partial charge in [-0.1, -0.05) is 41.9 Å². The van der Waals surface area contributed by atoms with Gasteiger partial charge in [-0.2, -0.15) is 0 Å². The van der Waals surface area contributed by atoms with Crippen LogP contribution in [0.15, 0.2) is 46.6 Å². The van der Waals surface area contributed by atoms with Crippen molar-refractivity contribution in [2.75, 3.05) is 0 Å². The zero-order valence-corrected chi connectivity index (χ0v) is 8.54. The summed E-state index contributed by atoms with van der Waals surface area (Å²) in [7, 11) is 0. The lowest BCUT2D eigenvalue weighted by Crippen LogP contribution is -2.13. The molecule has 0 atom stereocenters. The Hall–Kier alpha value is -1.35. The van der Waals surface area contributed by atoms with Gasteiger partial charge in [-0.25, -0.2) is 0 Å². The van der Waals surface area contributed by atoms with Crippen LogP contribution < -0.4 is 5.56 Å². The molecule has 1 heterocycles. The van der Waals surface area contributed by atoms with E-state index in [1.165, 1.54) is 17.1 Å². The minimum atomic E-state index is 0.103. The number of benzene rings is 1. The summed E-state index contributed by atoms with van der Waals surface area (Å²) in [6.07, 6.45) is 0.918. The van der Waals surface area contributed by atoms with Gasteiger partial charge in [-0.15, -0.1) is 0 Å². The SMILES string of the molecule is O=c1ccsn1CCc1ccccc1. The predicted molar refractivity (Wildman–Crippen MR) is 58.7 cm³/mol. The Morgan fingerprint density at radius 3 is 2.57 bits per heavy atom. The second kappa shape index (κ2) is 4.24. The Morgan fingerprint density at radius 1 is 1.14 bits per heavy atom. The van der Waals surface area contributed by atoms with E-state index < -0.39 is 0 Å². The van der Waals surface area contributed by atoms with E-state index in [0.717, 1.165) is 13.0 Å². The van der Waals surface area contributed by atoms with Gasteiger partial charge in [-0.05, 0) is 12.0 Å². The van der Waals surface area contributed by atoms with Gasteiger partial charge in [0.05, 0.1) is 0 Å². The first-order chi connectivity index (χ1) is 6.86. The van der Waals surface area contributed by atoms with Crippen LogP contribution in [0.3, 0.4) is 0 Å². The monoisotopic (exact) mass is 205 g/mol. The molecule has 0 unspecified atom stereocenters. The highest BCUT2D eigenvalue weighted by atomic mass is 32.1. The van der Waals surface area contributed by atoms with Gasteiger partial charge in [0.2, 0.25) is 0 Å². The smallest absolute Gasteiger partial charge is 0.260 e. The molecular weight excluding hydrogens is 194 g/mol. The summed E-state index contributed by atoms with van der Waals surface area (Å²) in [6, 6.07) is 11.8. The number of hydrogen-bond donors (Lipinski definition) is 0. The molecular formula is C11H11NOS. The van der Waals surface area contributed by atoms with Crippen LogP contribution in [0.2, 0.25) is 0 Å². The molecule has 14 heavy (non-hydrogen) atoms. The third kappa shape index (κ3) is 2.12. The molecule has 72 valence electrons. The molecule has 0 radical (unpaired) electrons. The van der Waals surface area contributed by atoms with Gasteiger partial charge in [0.25, 0.3) is 5.56 Å². The molecule has 0 saturated carbocycles. The van der Waals surface area contributed by atoms with Crippen LogP contribution in [0.1, 0.15) is 5.56 Å². The van der Waals surface area contributed by atoms with E-state index >= 15 is 0 Å². The van der Waals surface area contributed by atoms with E-state index in [-0.39, 0.29) is 5.56 Å². The Labute approximate surface area is 86.6 Å². The molecule has 1 aromatic heterocycles. The van der Waals surface area contributed by atoms with Crippen molar-refractivity contribution in [2.45, 2.75) is 13.0 Å². The van der Waals surface area contributed by atoms with Crippen LogP contribution in [-0.4, -0.2) is 3.96 Å². The molecule has 0 N–H and O–H groups in total. The van der Waals surface area contributed by atoms with Crippen molar-refractivity contribution >= 4 is 11.5 Å². The van der Waals surface area contributed by atoms with Crippen molar-refractivity contribution in [1.29, 1.82) is 0 Å². The van der Waals surface area contributed by atoms with E-state index in [1.54, 1.807) is 10.0 Å². The zero-order chi connectivity index (χ0) is 9.80. The molecule has 2 aromatic rings. The van der Waals surface area contributed by atoms with Crippen molar-refractivity contribution in [3.8, 4) is 0 Å². The highest BCUT2D eigenvalue weighted by molar-refractivity contribution is 7.04. The Balaban J connectivity index is 2.02. The maximum absolute atomic E-state index is 11.2. The van der Waals surface area contributed by atoms with Crippen LogP contribution in [-0.2, 0) is 13.0 Å². The van der Waals surface area contributed by atoms with Crippen molar-refractivity contribution < 1.29 is 0 Å². The number of hydrogen-bond acceptors (Lipinski definition) is 2. The second-order valence-electron chi connectivity index (χ2n) is 3.08. The van der Waals surface area contributed by atoms with E-state index in [9.17, 15) is 4.79 Å². The lowest BCUT2D eigenvalue weighted by Gasteiger charge is -2.00. The van der Waals surface area contributed by atoms with Crippen LogP contribution in [0, 0.1) is 0 Å². The molecule has 0 spiro atoms. The summed E-state index contributed by atoms with van der Waals surface area (Å²) in [6.45, 7) is 0.778. The molecule has 1 aromatic carbocycles. The first-order valence-corrected chi connectivity index (χ1v) is 5.39. The summed E-state index contributed by atoms with van der Waals surface area (Å²) in [5.41, 5.74) is 1.37. The summed E-state index contributed by atoms with van der Waals surface area (Å²) >= 11 is 1.47. The molecule has 0 aliphatic heterocycles. The highest BCUT2D eigenvalue weighted by Gasteiger charge is 1.96. The number of rotatable bonds is 3. The van der Waals surface area contributed by atoms with E-state index in [2.05, 4.69) is 12.1 Å². The topological polar surface area (TPSA) is 22.0 Å². The number of aryl methyl sites for hydroxylation is 2. The minimum Gasteiger partial charge on any atom is -0.268 e. The van der Waals surface area contributed by atoms with Crippen LogP contribution >= 0.6 is 11.5 Å². The normalized spacial score (nSPS) is 10.3. The number of nitrogens with zero attached hydrogens (tertiary/aromatic N) is 1. The molecule has 2 nitrogen and oxygen atoms in total. The minimum absolute atomic E-state index is 0.103. The van der Waals surface area contributed by atoms with Crippen LogP contribution in [0.5, 0.6) is 0 Å². The summed E-state index contributed by atoms with van der Waals surface area (Å²) < 4.78 is 1.77. The van der Waals surface area contributed by atoms with Gasteiger partial charge in [0.15, 0.2) is 0 Å². The molecule has 3 heteroatoms. The first-order valence-electron chi connectivity index (χ1n) is 4.55. The van der Waals surface area contributed by atoms with E-state index in [0.29, 0.717) is 0 Å². The Morgan fingerprint density at radius 2 is 1.93 bits per heavy atom. The fourth-order valence-corrected chi connectivity index (χ4v) is 2.02. The quantitative estimate of drug-likeness (QED) is 0.752. The van der Waals surface area contributed by atoms with Gasteiger partial charge in [-0.3, -0.25) is 8.75 Å². The first kappa shape index (κ1) is 9.21. The molecule has 2 rings (SSSR count). The zero-order valence-electron chi connectivity index (χ0n) is 7.72. The lowest BCUT2D eigenvalue weighted by molar-refractivity contribution is 0.733. The largest absolute Gasteiger partial charge is 0.268 e. The van der Waals surface area contributed by atoms with Crippen molar-refractivity contribution in [3.05, 3.63) is 57.7 Å². The Bertz CT molecular complexity index is 444. The number of aromatic nitrogens is 1. The van der Waals surface area contributed by atoms with Gasteiger partial charge in [0.1, 0.15) is 0 Å². The maximum Gasteiger partial charge on any atom is 0.260 e. The van der Waals surface area contributed by atoms with Gasteiger partial charge >= 0.3 is 0 Å². The fraction of sp³-hybridized carbons (Fsp3) is 0.182. The molecule has 0 bridgehead atoms. The summed E-state index contributed by atoms with van der Waals surface area (Å²) in [5, 5.41) is 1.83. The molecule has 0 fully saturated rings. The maximum atomic E-state index is 11.2. The van der Waals surface area contributed by atoms with Gasteiger partial charge < -0.3 is 0 Å². The summed E-state index contributed by atoms with van der Waals surface area (Å²) in [4.78, 5) is 11.2. The molecule has 0 saturated heterocycles. The van der Waals surface area contributed by atoms with Crippen molar-refractivity contribution in [1.82, 2.24) is 3.96 Å². The standard InChI is InChI=1S/C11H11NOS/c13-11-7-9-14-12(11)8-6-10-4-2-1-3-5-10/h1-5,7,9H,6,8H2. The molecule has 0 aliphatic carbocycles. The second-order valence-corrected chi connectivity index (χ2v) is 4.01. The third-order valence-corrected chi connectivity index (χ3v) is 2.97. The molecule has 0 aliphatic rings. The van der Waals surface area contributed by atoms with E-state index in [1.807, 2.05) is 23.6 Å². The fourth-order valence-electron chi connectivity index (χ4n) is 1.34. The van der Waals surface area contributed by atoms with Crippen molar-refractivity contribution in [2.24, 2.45) is 0 Å².